The molecule has 0 spiro atoms. The van der Waals surface area contributed by atoms with Crippen LogP contribution in [0.4, 0.5) is 0 Å². The first-order valence-corrected chi connectivity index (χ1v) is 6.99. The minimum atomic E-state index is -1.20. The molecule has 0 radical (unpaired) electrons. The van der Waals surface area contributed by atoms with Crippen LogP contribution in [-0.2, 0) is 11.3 Å². The summed E-state index contributed by atoms with van der Waals surface area (Å²) < 4.78 is 12.6. The fourth-order valence-electron chi connectivity index (χ4n) is 2.90. The number of para-hydroxylation sites is 1. The topological polar surface area (TPSA) is 110 Å². The molecule has 0 aliphatic carbocycles. The van der Waals surface area contributed by atoms with Crippen molar-refractivity contribution in [1.82, 2.24) is 15.0 Å². The lowest BCUT2D eigenvalue weighted by Gasteiger charge is -2.21. The van der Waals surface area contributed by atoms with Crippen LogP contribution in [-0.4, -0.2) is 55.2 Å². The molecule has 0 bridgehead atoms. The van der Waals surface area contributed by atoms with Crippen molar-refractivity contribution in [2.75, 3.05) is 6.61 Å². The molecule has 116 valence electrons. The molecule has 22 heavy (non-hydrogen) atoms. The van der Waals surface area contributed by atoms with E-state index in [1.165, 1.54) is 4.68 Å². The van der Waals surface area contributed by atoms with Crippen LogP contribution in [0.25, 0.3) is 11.3 Å². The van der Waals surface area contributed by atoms with E-state index < -0.39 is 24.5 Å². The summed E-state index contributed by atoms with van der Waals surface area (Å²) in [6.45, 7) is -0.105. The van der Waals surface area contributed by atoms with Crippen LogP contribution in [0.3, 0.4) is 0 Å². The fourth-order valence-corrected chi connectivity index (χ4v) is 2.90. The number of rotatable bonds is 2. The van der Waals surface area contributed by atoms with Gasteiger partial charge in [0.15, 0.2) is 6.23 Å². The van der Waals surface area contributed by atoms with E-state index in [0.717, 1.165) is 5.56 Å². The lowest BCUT2D eigenvalue weighted by Crippen LogP contribution is -2.33. The summed E-state index contributed by atoms with van der Waals surface area (Å²) in [7, 11) is 0. The van der Waals surface area contributed by atoms with Crippen LogP contribution in [0.2, 0.25) is 0 Å². The van der Waals surface area contributed by atoms with Crippen molar-refractivity contribution in [2.24, 2.45) is 0 Å². The molecule has 8 heteroatoms. The predicted molar refractivity (Wildman–Crippen MR) is 72.8 cm³/mol. The summed E-state index contributed by atoms with van der Waals surface area (Å²) in [5.74, 6) is 0.699. The molecule has 0 amide bonds. The van der Waals surface area contributed by atoms with Gasteiger partial charge in [0, 0.05) is 5.56 Å². The molecule has 2 aliphatic heterocycles. The summed E-state index contributed by atoms with van der Waals surface area (Å²) in [5.41, 5.74) is 2.12. The third kappa shape index (κ3) is 1.85. The highest BCUT2D eigenvalue weighted by Crippen LogP contribution is 2.39. The Morgan fingerprint density at radius 2 is 2.05 bits per heavy atom. The minimum Gasteiger partial charge on any atom is -0.486 e. The molecule has 3 heterocycles. The predicted octanol–water partition coefficient (Wildman–Crippen LogP) is -0.551. The normalized spacial score (nSPS) is 29.8. The Labute approximate surface area is 125 Å². The Balaban J connectivity index is 1.79. The number of benzene rings is 1. The Kier molecular flexibility index (Phi) is 3.12. The molecule has 3 N–H and O–H groups in total. The van der Waals surface area contributed by atoms with Crippen molar-refractivity contribution in [2.45, 2.75) is 31.1 Å². The van der Waals surface area contributed by atoms with E-state index in [9.17, 15) is 15.3 Å². The third-order valence-electron chi connectivity index (χ3n) is 4.03. The van der Waals surface area contributed by atoms with Crippen LogP contribution in [0.15, 0.2) is 24.3 Å². The van der Waals surface area contributed by atoms with E-state index in [1.54, 1.807) is 0 Å². The first-order valence-electron chi connectivity index (χ1n) is 6.99. The lowest BCUT2D eigenvalue weighted by atomic mass is 10.1. The van der Waals surface area contributed by atoms with E-state index in [1.807, 2.05) is 24.3 Å². The summed E-state index contributed by atoms with van der Waals surface area (Å²) in [4.78, 5) is 0. The second-order valence-electron chi connectivity index (χ2n) is 5.34. The molecular formula is C14H15N3O5. The smallest absolute Gasteiger partial charge is 0.181 e. The first-order chi connectivity index (χ1) is 10.7. The van der Waals surface area contributed by atoms with E-state index in [0.29, 0.717) is 17.1 Å². The summed E-state index contributed by atoms with van der Waals surface area (Å²) in [5, 5.41) is 37.4. The minimum absolute atomic E-state index is 0.279. The average molecular weight is 305 g/mol. The van der Waals surface area contributed by atoms with Gasteiger partial charge in [0.05, 0.1) is 6.61 Å². The van der Waals surface area contributed by atoms with Crippen LogP contribution in [0, 0.1) is 0 Å². The Morgan fingerprint density at radius 1 is 1.23 bits per heavy atom. The van der Waals surface area contributed by atoms with Crippen molar-refractivity contribution >= 4 is 0 Å². The van der Waals surface area contributed by atoms with Crippen LogP contribution in [0.1, 0.15) is 11.9 Å². The molecule has 4 atom stereocenters. The maximum atomic E-state index is 10.2. The highest BCUT2D eigenvalue weighted by molar-refractivity contribution is 5.70. The van der Waals surface area contributed by atoms with Gasteiger partial charge >= 0.3 is 0 Å². The second-order valence-corrected chi connectivity index (χ2v) is 5.34. The van der Waals surface area contributed by atoms with Crippen LogP contribution in [0.5, 0.6) is 5.75 Å². The van der Waals surface area contributed by atoms with Gasteiger partial charge in [-0.1, -0.05) is 17.3 Å². The number of hydrogen-bond donors (Lipinski definition) is 3. The van der Waals surface area contributed by atoms with Gasteiger partial charge in [0.25, 0.3) is 0 Å². The monoisotopic (exact) mass is 305 g/mol. The highest BCUT2D eigenvalue weighted by atomic mass is 16.6. The van der Waals surface area contributed by atoms with Gasteiger partial charge < -0.3 is 24.8 Å². The van der Waals surface area contributed by atoms with Crippen molar-refractivity contribution in [3.8, 4) is 17.0 Å². The second kappa shape index (κ2) is 5.03. The van der Waals surface area contributed by atoms with Crippen LogP contribution < -0.4 is 4.74 Å². The number of fused-ring (bicyclic) bond motifs is 3. The number of ether oxygens (including phenoxy) is 2. The number of aliphatic hydroxyl groups is 3. The van der Waals surface area contributed by atoms with Gasteiger partial charge in [0.2, 0.25) is 0 Å². The molecule has 4 rings (SSSR count). The molecule has 2 aliphatic rings. The van der Waals surface area contributed by atoms with E-state index in [2.05, 4.69) is 10.3 Å². The highest BCUT2D eigenvalue weighted by Gasteiger charge is 2.45. The Morgan fingerprint density at radius 3 is 2.82 bits per heavy atom. The van der Waals surface area contributed by atoms with Gasteiger partial charge in [-0.15, -0.1) is 5.10 Å². The van der Waals surface area contributed by atoms with Crippen molar-refractivity contribution in [3.63, 3.8) is 0 Å². The molecule has 0 saturated carbocycles. The van der Waals surface area contributed by atoms with E-state index >= 15 is 0 Å². The van der Waals surface area contributed by atoms with Gasteiger partial charge in [-0.25, -0.2) is 4.68 Å². The van der Waals surface area contributed by atoms with Crippen molar-refractivity contribution in [1.29, 1.82) is 0 Å². The standard InChI is InChI=1S/C14H15N3O5/c18-5-10-12(19)13(20)14(22-10)17-11-7-3-1-2-4-9(7)21-6-8(11)15-16-17/h1-4,10,12-14,18-20H,5-6H2/t10-,12-,13-,14-/m1/s1. The average Bonchev–Trinajstić information content (AvgIpc) is 3.10. The van der Waals surface area contributed by atoms with Crippen molar-refractivity contribution in [3.05, 3.63) is 30.0 Å². The SMILES string of the molecule is OC[C@H]1O[C@@H](n2nnc3c2-c2ccccc2OC3)[C@H](O)[C@@H]1O. The first kappa shape index (κ1) is 13.6. The molecule has 0 unspecified atom stereocenters. The number of aromatic nitrogens is 3. The molecule has 1 aromatic heterocycles. The zero-order valence-corrected chi connectivity index (χ0v) is 11.5. The lowest BCUT2D eigenvalue weighted by molar-refractivity contribution is -0.0585. The largest absolute Gasteiger partial charge is 0.486 e. The maximum Gasteiger partial charge on any atom is 0.181 e. The summed E-state index contributed by atoms with van der Waals surface area (Å²) >= 11 is 0. The number of nitrogens with zero attached hydrogens (tertiary/aromatic N) is 3. The van der Waals surface area contributed by atoms with Gasteiger partial charge in [-0.3, -0.25) is 0 Å². The zero-order chi connectivity index (χ0) is 15.3. The van der Waals surface area contributed by atoms with E-state index in [-0.39, 0.29) is 13.2 Å². The molecule has 8 nitrogen and oxygen atoms in total. The number of hydrogen-bond acceptors (Lipinski definition) is 7. The van der Waals surface area contributed by atoms with Crippen LogP contribution >= 0.6 is 0 Å². The summed E-state index contributed by atoms with van der Waals surface area (Å²) in [6, 6.07) is 7.44. The maximum absolute atomic E-state index is 10.2. The molecule has 1 aromatic carbocycles. The molecule has 1 fully saturated rings. The quantitative estimate of drug-likeness (QED) is 0.683. The zero-order valence-electron chi connectivity index (χ0n) is 11.5. The fraction of sp³-hybridized carbons (Fsp3) is 0.429. The van der Waals surface area contributed by atoms with Gasteiger partial charge in [0.1, 0.15) is 42.1 Å². The molecule has 2 aromatic rings. The Hall–Kier alpha value is -2.00. The van der Waals surface area contributed by atoms with Gasteiger partial charge in [-0.2, -0.15) is 0 Å². The number of aliphatic hydroxyl groups excluding tert-OH is 3. The third-order valence-corrected chi connectivity index (χ3v) is 4.03. The Bertz CT molecular complexity index is 704. The van der Waals surface area contributed by atoms with E-state index in [4.69, 9.17) is 9.47 Å². The van der Waals surface area contributed by atoms with Crippen molar-refractivity contribution < 1.29 is 24.8 Å². The summed E-state index contributed by atoms with van der Waals surface area (Å²) in [6.07, 6.45) is -4.13. The van der Waals surface area contributed by atoms with Gasteiger partial charge in [-0.05, 0) is 12.1 Å². The molecular weight excluding hydrogens is 290 g/mol. The molecule has 1 saturated heterocycles.